The Labute approximate surface area is 94.2 Å². The number of hydrogen-bond acceptors (Lipinski definition) is 3. The third-order valence-corrected chi connectivity index (χ3v) is 2.30. The average Bonchev–Trinajstić information content (AvgIpc) is 2.61. The molecule has 82 valence electrons. The monoisotopic (exact) mass is 241 g/mol. The van der Waals surface area contributed by atoms with Gasteiger partial charge in [-0.15, -0.1) is 0 Å². The van der Waals surface area contributed by atoms with Crippen LogP contribution in [0.5, 0.6) is 0 Å². The van der Waals surface area contributed by atoms with Gasteiger partial charge in [0.05, 0.1) is 0 Å². The van der Waals surface area contributed by atoms with E-state index in [1.165, 1.54) is 24.3 Å². The fourth-order valence-electron chi connectivity index (χ4n) is 1.19. The number of nitrogens with zero attached hydrogens (tertiary/aromatic N) is 1. The van der Waals surface area contributed by atoms with E-state index in [0.29, 0.717) is 5.56 Å². The Morgan fingerprint density at radius 2 is 2.00 bits per heavy atom. The minimum atomic E-state index is -1.28. The van der Waals surface area contributed by atoms with Gasteiger partial charge in [-0.2, -0.15) is 0 Å². The number of carboxylic acids is 1. The summed E-state index contributed by atoms with van der Waals surface area (Å²) in [5, 5.41) is 11.9. The third kappa shape index (κ3) is 1.77. The highest BCUT2D eigenvalue weighted by Gasteiger charge is 2.20. The molecule has 0 unspecified atom stereocenters. The molecule has 16 heavy (non-hydrogen) atoms. The molecule has 6 heteroatoms. The maximum Gasteiger partial charge on any atom is 0.359 e. The first-order chi connectivity index (χ1) is 7.59. The van der Waals surface area contributed by atoms with Gasteiger partial charge in [-0.05, 0) is 24.3 Å². The minimum Gasteiger partial charge on any atom is -0.476 e. The fourth-order valence-corrected chi connectivity index (χ4v) is 1.45. The standard InChI is InChI=1S/C10H5ClFNO3/c11-7-8(10(14)15)13-16-9(7)5-1-3-6(12)4-2-5/h1-4H,(H,14,15). The van der Waals surface area contributed by atoms with Gasteiger partial charge in [0.2, 0.25) is 5.69 Å². The first kappa shape index (κ1) is 10.6. The highest BCUT2D eigenvalue weighted by Crippen LogP contribution is 2.30. The molecule has 0 saturated heterocycles. The Hall–Kier alpha value is -1.88. The number of carboxylic acid groups (broad SMARTS) is 1. The highest BCUT2D eigenvalue weighted by atomic mass is 35.5. The largest absolute Gasteiger partial charge is 0.476 e. The normalized spacial score (nSPS) is 10.4. The van der Waals surface area contributed by atoms with Crippen molar-refractivity contribution >= 4 is 17.6 Å². The summed E-state index contributed by atoms with van der Waals surface area (Å²) < 4.78 is 17.5. The predicted molar refractivity (Wildman–Crippen MR) is 53.9 cm³/mol. The Bertz CT molecular complexity index is 535. The van der Waals surface area contributed by atoms with Crippen molar-refractivity contribution in [1.29, 1.82) is 0 Å². The molecule has 2 rings (SSSR count). The van der Waals surface area contributed by atoms with Crippen molar-refractivity contribution in [2.75, 3.05) is 0 Å². The number of aromatic carboxylic acids is 1. The topological polar surface area (TPSA) is 63.3 Å². The van der Waals surface area contributed by atoms with E-state index in [1.807, 2.05) is 0 Å². The van der Waals surface area contributed by atoms with E-state index >= 15 is 0 Å². The zero-order valence-corrected chi connectivity index (χ0v) is 8.53. The zero-order valence-electron chi connectivity index (χ0n) is 7.78. The molecule has 4 nitrogen and oxygen atoms in total. The Balaban J connectivity index is 2.49. The predicted octanol–water partition coefficient (Wildman–Crippen LogP) is 2.83. The molecule has 1 heterocycles. The van der Waals surface area contributed by atoms with Crippen LogP contribution in [0.4, 0.5) is 4.39 Å². The van der Waals surface area contributed by atoms with Crippen molar-refractivity contribution < 1.29 is 18.8 Å². The summed E-state index contributed by atoms with van der Waals surface area (Å²) in [5.41, 5.74) is 0.104. The molecule has 0 spiro atoms. The van der Waals surface area contributed by atoms with Gasteiger partial charge in [0.25, 0.3) is 0 Å². The summed E-state index contributed by atoms with van der Waals surface area (Å²) in [7, 11) is 0. The van der Waals surface area contributed by atoms with E-state index in [-0.39, 0.29) is 16.5 Å². The lowest BCUT2D eigenvalue weighted by Gasteiger charge is -1.95. The van der Waals surface area contributed by atoms with Crippen LogP contribution in [0.3, 0.4) is 0 Å². The molecule has 0 amide bonds. The highest BCUT2D eigenvalue weighted by molar-refractivity contribution is 6.35. The van der Waals surface area contributed by atoms with E-state index < -0.39 is 11.8 Å². The SMILES string of the molecule is O=C(O)c1noc(-c2ccc(F)cc2)c1Cl. The molecule has 0 fully saturated rings. The molecule has 1 N–H and O–H groups in total. The first-order valence-corrected chi connectivity index (χ1v) is 4.62. The summed E-state index contributed by atoms with van der Waals surface area (Å²) in [4.78, 5) is 10.7. The van der Waals surface area contributed by atoms with Gasteiger partial charge in [-0.25, -0.2) is 9.18 Å². The summed E-state index contributed by atoms with van der Waals surface area (Å²) in [6.07, 6.45) is 0. The van der Waals surface area contributed by atoms with Crippen LogP contribution in [-0.2, 0) is 0 Å². The van der Waals surface area contributed by atoms with E-state index in [0.717, 1.165) is 0 Å². The van der Waals surface area contributed by atoms with Crippen LogP contribution in [0, 0.1) is 5.82 Å². The Kier molecular flexibility index (Phi) is 2.62. The lowest BCUT2D eigenvalue weighted by molar-refractivity contribution is 0.0686. The van der Waals surface area contributed by atoms with Gasteiger partial charge in [-0.3, -0.25) is 0 Å². The number of benzene rings is 1. The van der Waals surface area contributed by atoms with Gasteiger partial charge in [0, 0.05) is 5.56 Å². The lowest BCUT2D eigenvalue weighted by atomic mass is 10.1. The number of hydrogen-bond donors (Lipinski definition) is 1. The maximum atomic E-state index is 12.7. The quantitative estimate of drug-likeness (QED) is 0.878. The van der Waals surface area contributed by atoms with Crippen molar-refractivity contribution in [2.45, 2.75) is 0 Å². The van der Waals surface area contributed by atoms with E-state index in [4.69, 9.17) is 21.2 Å². The molecule has 0 bridgehead atoms. The molecule has 0 aliphatic rings. The van der Waals surface area contributed by atoms with Crippen LogP contribution >= 0.6 is 11.6 Å². The number of carbonyl (C=O) groups is 1. The second-order valence-electron chi connectivity index (χ2n) is 2.99. The van der Waals surface area contributed by atoms with Gasteiger partial charge in [0.1, 0.15) is 10.8 Å². The number of aromatic nitrogens is 1. The zero-order chi connectivity index (χ0) is 11.7. The van der Waals surface area contributed by atoms with Gasteiger partial charge in [-0.1, -0.05) is 16.8 Å². The summed E-state index contributed by atoms with van der Waals surface area (Å²) in [6, 6.07) is 5.28. The second kappa shape index (κ2) is 3.94. The van der Waals surface area contributed by atoms with Crippen molar-refractivity contribution in [3.63, 3.8) is 0 Å². The molecule has 0 atom stereocenters. The van der Waals surface area contributed by atoms with Crippen LogP contribution in [0.1, 0.15) is 10.5 Å². The third-order valence-electron chi connectivity index (χ3n) is 1.94. The number of halogens is 2. The van der Waals surface area contributed by atoms with Gasteiger partial charge >= 0.3 is 5.97 Å². The van der Waals surface area contributed by atoms with Gasteiger partial charge in [0.15, 0.2) is 5.76 Å². The molecular weight excluding hydrogens is 237 g/mol. The van der Waals surface area contributed by atoms with Crippen molar-refractivity contribution in [2.24, 2.45) is 0 Å². The molecule has 1 aromatic heterocycles. The molecule has 0 saturated carbocycles. The van der Waals surface area contributed by atoms with Crippen LogP contribution in [0.25, 0.3) is 11.3 Å². The second-order valence-corrected chi connectivity index (χ2v) is 3.36. The van der Waals surface area contributed by atoms with Gasteiger partial charge < -0.3 is 9.63 Å². The molecule has 0 aliphatic carbocycles. The first-order valence-electron chi connectivity index (χ1n) is 4.24. The van der Waals surface area contributed by atoms with Crippen LogP contribution in [0.15, 0.2) is 28.8 Å². The summed E-state index contributed by atoms with van der Waals surface area (Å²) in [5.74, 6) is -1.57. The Morgan fingerprint density at radius 3 is 2.50 bits per heavy atom. The van der Waals surface area contributed by atoms with Crippen molar-refractivity contribution in [3.8, 4) is 11.3 Å². The average molecular weight is 242 g/mol. The summed E-state index contributed by atoms with van der Waals surface area (Å²) in [6.45, 7) is 0. The molecule has 1 aromatic carbocycles. The van der Waals surface area contributed by atoms with Crippen molar-refractivity contribution in [1.82, 2.24) is 5.16 Å². The summed E-state index contributed by atoms with van der Waals surface area (Å²) >= 11 is 5.76. The minimum absolute atomic E-state index is 0.0980. The van der Waals surface area contributed by atoms with Crippen LogP contribution < -0.4 is 0 Å². The lowest BCUT2D eigenvalue weighted by Crippen LogP contribution is -1.96. The molecule has 2 aromatic rings. The van der Waals surface area contributed by atoms with Crippen LogP contribution in [0.2, 0.25) is 5.02 Å². The Morgan fingerprint density at radius 1 is 1.38 bits per heavy atom. The maximum absolute atomic E-state index is 12.7. The number of rotatable bonds is 2. The molecule has 0 aliphatic heterocycles. The molecule has 0 radical (unpaired) electrons. The van der Waals surface area contributed by atoms with E-state index in [2.05, 4.69) is 5.16 Å². The van der Waals surface area contributed by atoms with E-state index in [1.54, 1.807) is 0 Å². The molecular formula is C10H5ClFNO3. The van der Waals surface area contributed by atoms with Crippen LogP contribution in [-0.4, -0.2) is 16.2 Å². The van der Waals surface area contributed by atoms with Crippen molar-refractivity contribution in [3.05, 3.63) is 40.8 Å². The van der Waals surface area contributed by atoms with E-state index in [9.17, 15) is 9.18 Å². The smallest absolute Gasteiger partial charge is 0.359 e. The fraction of sp³-hybridized carbons (Fsp3) is 0.